The Balaban J connectivity index is 1.70. The zero-order valence-corrected chi connectivity index (χ0v) is 15.0. The van der Waals surface area contributed by atoms with Crippen LogP contribution in [-0.2, 0) is 6.54 Å². The zero-order valence-electron chi connectivity index (χ0n) is 15.0. The number of ether oxygens (including phenoxy) is 1. The average molecular weight is 366 g/mol. The van der Waals surface area contributed by atoms with Gasteiger partial charge in [-0.15, -0.1) is 0 Å². The van der Waals surface area contributed by atoms with E-state index in [4.69, 9.17) is 4.74 Å². The molecule has 7 heteroatoms. The molecule has 1 heterocycles. The van der Waals surface area contributed by atoms with Crippen LogP contribution >= 0.6 is 0 Å². The molecule has 138 valence electrons. The predicted molar refractivity (Wildman–Crippen MR) is 101 cm³/mol. The minimum Gasteiger partial charge on any atom is -0.495 e. The molecule has 3 rings (SSSR count). The van der Waals surface area contributed by atoms with Gasteiger partial charge < -0.3 is 15.4 Å². The van der Waals surface area contributed by atoms with E-state index >= 15 is 0 Å². The van der Waals surface area contributed by atoms with Gasteiger partial charge in [0.1, 0.15) is 29.4 Å². The molecule has 0 atom stereocenters. The number of methoxy groups -OCH3 is 1. The van der Waals surface area contributed by atoms with Gasteiger partial charge in [-0.2, -0.15) is 0 Å². The van der Waals surface area contributed by atoms with Crippen molar-refractivity contribution in [2.24, 2.45) is 0 Å². The smallest absolute Gasteiger partial charge is 0.270 e. The van der Waals surface area contributed by atoms with Crippen molar-refractivity contribution in [1.82, 2.24) is 15.3 Å². The molecule has 0 unspecified atom stereocenters. The highest BCUT2D eigenvalue weighted by atomic mass is 19.1. The molecule has 2 aromatic carbocycles. The van der Waals surface area contributed by atoms with Crippen LogP contribution in [-0.4, -0.2) is 23.0 Å². The monoisotopic (exact) mass is 366 g/mol. The third-order valence-corrected chi connectivity index (χ3v) is 3.88. The highest BCUT2D eigenvalue weighted by Crippen LogP contribution is 2.27. The number of nitrogens with zero attached hydrogens (tertiary/aromatic N) is 2. The number of anilines is 2. The van der Waals surface area contributed by atoms with E-state index in [0.29, 0.717) is 11.6 Å². The van der Waals surface area contributed by atoms with Crippen molar-refractivity contribution in [3.05, 3.63) is 77.5 Å². The van der Waals surface area contributed by atoms with Gasteiger partial charge in [0.2, 0.25) is 0 Å². The minimum atomic E-state index is -0.346. The first-order valence-electron chi connectivity index (χ1n) is 8.31. The lowest BCUT2D eigenvalue weighted by atomic mass is 10.2. The van der Waals surface area contributed by atoms with Gasteiger partial charge in [-0.1, -0.05) is 18.2 Å². The number of rotatable bonds is 6. The number of hydrogen-bond donors (Lipinski definition) is 2. The maximum absolute atomic E-state index is 12.9. The molecule has 0 radical (unpaired) electrons. The third kappa shape index (κ3) is 4.78. The second-order valence-electron chi connectivity index (χ2n) is 5.93. The van der Waals surface area contributed by atoms with Crippen LogP contribution in [0.5, 0.6) is 5.75 Å². The summed E-state index contributed by atoms with van der Waals surface area (Å²) in [5.74, 6) is 0.478. The molecule has 3 aromatic rings. The van der Waals surface area contributed by atoms with Crippen LogP contribution in [0.15, 0.2) is 54.9 Å². The standard InChI is InChI=1S/C20H19FN4O2/c1-13-3-8-18(27-2)16(9-13)25-19-10-17(23-12-24-19)20(26)22-11-14-4-6-15(21)7-5-14/h3-10,12H,11H2,1-2H3,(H,22,26)(H,23,24,25). The Morgan fingerprint density at radius 1 is 1.11 bits per heavy atom. The molecule has 0 aliphatic heterocycles. The van der Waals surface area contributed by atoms with E-state index in [1.54, 1.807) is 25.3 Å². The van der Waals surface area contributed by atoms with E-state index in [1.807, 2.05) is 25.1 Å². The molecular formula is C20H19FN4O2. The SMILES string of the molecule is COc1ccc(C)cc1Nc1cc(C(=O)NCc2ccc(F)cc2)ncn1. The van der Waals surface area contributed by atoms with Gasteiger partial charge in [0.15, 0.2) is 0 Å². The number of carbonyl (C=O) groups is 1. The topological polar surface area (TPSA) is 76.1 Å². The summed E-state index contributed by atoms with van der Waals surface area (Å²) < 4.78 is 18.3. The fourth-order valence-electron chi connectivity index (χ4n) is 2.48. The number of halogens is 1. The van der Waals surface area contributed by atoms with Crippen molar-refractivity contribution in [2.45, 2.75) is 13.5 Å². The van der Waals surface area contributed by atoms with E-state index in [-0.39, 0.29) is 24.0 Å². The van der Waals surface area contributed by atoms with Gasteiger partial charge in [-0.3, -0.25) is 4.79 Å². The lowest BCUT2D eigenvalue weighted by Gasteiger charge is -2.12. The summed E-state index contributed by atoms with van der Waals surface area (Å²) in [5, 5.41) is 5.90. The predicted octanol–water partition coefficient (Wildman–Crippen LogP) is 3.61. The number of nitrogens with one attached hydrogen (secondary N) is 2. The van der Waals surface area contributed by atoms with Crippen LogP contribution in [0.1, 0.15) is 21.6 Å². The molecule has 0 aliphatic carbocycles. The van der Waals surface area contributed by atoms with E-state index in [1.165, 1.54) is 18.5 Å². The summed E-state index contributed by atoms with van der Waals surface area (Å²) in [6, 6.07) is 13.2. The van der Waals surface area contributed by atoms with Gasteiger partial charge >= 0.3 is 0 Å². The highest BCUT2D eigenvalue weighted by Gasteiger charge is 2.10. The van der Waals surface area contributed by atoms with Gasteiger partial charge in [0, 0.05) is 12.6 Å². The second-order valence-corrected chi connectivity index (χ2v) is 5.93. The van der Waals surface area contributed by atoms with Crippen LogP contribution in [0.2, 0.25) is 0 Å². The number of aryl methyl sites for hydroxylation is 1. The number of hydrogen-bond acceptors (Lipinski definition) is 5. The van der Waals surface area contributed by atoms with Crippen molar-refractivity contribution in [3.8, 4) is 5.75 Å². The quantitative estimate of drug-likeness (QED) is 0.697. The zero-order chi connectivity index (χ0) is 19.2. The Labute approximate surface area is 156 Å². The molecule has 2 N–H and O–H groups in total. The van der Waals surface area contributed by atoms with Gasteiger partial charge in [-0.25, -0.2) is 14.4 Å². The molecule has 1 amide bonds. The van der Waals surface area contributed by atoms with Crippen LogP contribution in [0.3, 0.4) is 0 Å². The van der Waals surface area contributed by atoms with Crippen molar-refractivity contribution in [1.29, 1.82) is 0 Å². The van der Waals surface area contributed by atoms with Crippen molar-refractivity contribution in [3.63, 3.8) is 0 Å². The van der Waals surface area contributed by atoms with Crippen LogP contribution in [0, 0.1) is 12.7 Å². The van der Waals surface area contributed by atoms with Gasteiger partial charge in [0.25, 0.3) is 5.91 Å². The number of amides is 1. The van der Waals surface area contributed by atoms with E-state index in [9.17, 15) is 9.18 Å². The molecule has 6 nitrogen and oxygen atoms in total. The van der Waals surface area contributed by atoms with Crippen molar-refractivity contribution < 1.29 is 13.9 Å². The Morgan fingerprint density at radius 3 is 2.63 bits per heavy atom. The number of aromatic nitrogens is 2. The Hall–Kier alpha value is -3.48. The van der Waals surface area contributed by atoms with Gasteiger partial charge in [-0.05, 0) is 42.3 Å². The summed E-state index contributed by atoms with van der Waals surface area (Å²) in [6.45, 7) is 2.25. The molecule has 0 saturated carbocycles. The third-order valence-electron chi connectivity index (χ3n) is 3.88. The number of benzene rings is 2. The summed E-state index contributed by atoms with van der Waals surface area (Å²) in [6.07, 6.45) is 1.32. The van der Waals surface area contributed by atoms with Crippen LogP contribution in [0.4, 0.5) is 15.9 Å². The Bertz CT molecular complexity index is 945. The second kappa shape index (κ2) is 8.27. The average Bonchev–Trinajstić information content (AvgIpc) is 2.68. The Morgan fingerprint density at radius 2 is 1.89 bits per heavy atom. The lowest BCUT2D eigenvalue weighted by Crippen LogP contribution is -2.24. The fourth-order valence-corrected chi connectivity index (χ4v) is 2.48. The molecule has 0 bridgehead atoms. The van der Waals surface area contributed by atoms with E-state index < -0.39 is 0 Å². The number of carbonyl (C=O) groups excluding carboxylic acids is 1. The summed E-state index contributed by atoms with van der Waals surface area (Å²) >= 11 is 0. The molecule has 27 heavy (non-hydrogen) atoms. The van der Waals surface area contributed by atoms with Crippen LogP contribution < -0.4 is 15.4 Å². The maximum Gasteiger partial charge on any atom is 0.270 e. The highest BCUT2D eigenvalue weighted by molar-refractivity contribution is 5.93. The first kappa shape index (κ1) is 18.3. The van der Waals surface area contributed by atoms with E-state index in [2.05, 4.69) is 20.6 Å². The van der Waals surface area contributed by atoms with Gasteiger partial charge in [0.05, 0.1) is 12.8 Å². The summed E-state index contributed by atoms with van der Waals surface area (Å²) in [7, 11) is 1.59. The van der Waals surface area contributed by atoms with E-state index in [0.717, 1.165) is 16.8 Å². The molecule has 0 fully saturated rings. The maximum atomic E-state index is 12.9. The normalized spacial score (nSPS) is 10.3. The van der Waals surface area contributed by atoms with Crippen molar-refractivity contribution in [2.75, 3.05) is 12.4 Å². The Kier molecular flexibility index (Phi) is 5.61. The molecule has 0 aliphatic rings. The molecular weight excluding hydrogens is 347 g/mol. The van der Waals surface area contributed by atoms with Crippen molar-refractivity contribution >= 4 is 17.4 Å². The van der Waals surface area contributed by atoms with Crippen LogP contribution in [0.25, 0.3) is 0 Å². The summed E-state index contributed by atoms with van der Waals surface area (Å²) in [5.41, 5.74) is 2.82. The molecule has 1 aromatic heterocycles. The minimum absolute atomic E-state index is 0.223. The first-order valence-corrected chi connectivity index (χ1v) is 8.31. The fraction of sp³-hybridized carbons (Fsp3) is 0.150. The molecule has 0 spiro atoms. The molecule has 0 saturated heterocycles. The first-order chi connectivity index (χ1) is 13.0. The lowest BCUT2D eigenvalue weighted by molar-refractivity contribution is 0.0946. The largest absolute Gasteiger partial charge is 0.495 e. The summed E-state index contributed by atoms with van der Waals surface area (Å²) in [4.78, 5) is 20.5.